The van der Waals surface area contributed by atoms with Crippen LogP contribution in [0.4, 0.5) is 10.1 Å². The van der Waals surface area contributed by atoms with Crippen LogP contribution in [0.3, 0.4) is 0 Å². The summed E-state index contributed by atoms with van der Waals surface area (Å²) in [4.78, 5) is 10.8. The third-order valence-electron chi connectivity index (χ3n) is 2.17. The van der Waals surface area contributed by atoms with E-state index in [2.05, 4.69) is 15.0 Å². The Morgan fingerprint density at radius 1 is 1.41 bits per heavy atom. The van der Waals surface area contributed by atoms with E-state index in [0.29, 0.717) is 17.1 Å². The number of nitrogens with one attached hydrogen (secondary N) is 1. The maximum Gasteiger partial charge on any atom is 0.191 e. The molecule has 0 aliphatic rings. The number of halogens is 1. The number of nitrogens with zero attached hydrogens (tertiary/aromatic N) is 2. The van der Waals surface area contributed by atoms with Crippen molar-refractivity contribution < 1.29 is 4.39 Å². The topological polar surface area (TPSA) is 93.1 Å². The standard InChI is InChI=1S/C11H12FN5/c1-6-5-15-10(16-6)8-3-2-7(4-9(8)12)17-11(13)14/h2-5H,1H3,(H,15,16)(H4,13,14,17). The summed E-state index contributed by atoms with van der Waals surface area (Å²) >= 11 is 0. The number of benzene rings is 1. The molecular formula is C11H12FN5. The Kier molecular flexibility index (Phi) is 2.78. The van der Waals surface area contributed by atoms with Crippen molar-refractivity contribution in [2.45, 2.75) is 6.92 Å². The lowest BCUT2D eigenvalue weighted by molar-refractivity contribution is 0.630. The first-order valence-corrected chi connectivity index (χ1v) is 4.97. The molecule has 17 heavy (non-hydrogen) atoms. The lowest BCUT2D eigenvalue weighted by Crippen LogP contribution is -2.21. The van der Waals surface area contributed by atoms with E-state index >= 15 is 0 Å². The van der Waals surface area contributed by atoms with Crippen LogP contribution in [0.2, 0.25) is 0 Å². The SMILES string of the molecule is Cc1cnc(-c2ccc(N=C(N)N)cc2F)[nH]1. The molecule has 0 unspecified atom stereocenters. The molecule has 0 atom stereocenters. The van der Waals surface area contributed by atoms with Gasteiger partial charge in [-0.3, -0.25) is 0 Å². The van der Waals surface area contributed by atoms with Crippen LogP contribution in [0.1, 0.15) is 5.69 Å². The fourth-order valence-electron chi connectivity index (χ4n) is 1.46. The lowest BCUT2D eigenvalue weighted by Gasteiger charge is -2.01. The molecular weight excluding hydrogens is 221 g/mol. The maximum absolute atomic E-state index is 13.8. The third-order valence-corrected chi connectivity index (χ3v) is 2.17. The third kappa shape index (κ3) is 2.41. The van der Waals surface area contributed by atoms with E-state index in [9.17, 15) is 4.39 Å². The van der Waals surface area contributed by atoms with Gasteiger partial charge in [-0.25, -0.2) is 14.4 Å². The van der Waals surface area contributed by atoms with Crippen molar-refractivity contribution in [1.82, 2.24) is 9.97 Å². The van der Waals surface area contributed by atoms with Crippen molar-refractivity contribution in [3.63, 3.8) is 0 Å². The predicted octanol–water partition coefficient (Wildman–Crippen LogP) is 1.43. The van der Waals surface area contributed by atoms with Gasteiger partial charge >= 0.3 is 0 Å². The van der Waals surface area contributed by atoms with Gasteiger partial charge < -0.3 is 16.5 Å². The number of rotatable bonds is 2. The van der Waals surface area contributed by atoms with Crippen molar-refractivity contribution >= 4 is 11.6 Å². The summed E-state index contributed by atoms with van der Waals surface area (Å²) in [5.41, 5.74) is 12.0. The van der Waals surface area contributed by atoms with Gasteiger partial charge in [0.25, 0.3) is 0 Å². The molecule has 88 valence electrons. The monoisotopic (exact) mass is 233 g/mol. The smallest absolute Gasteiger partial charge is 0.191 e. The molecule has 0 saturated heterocycles. The highest BCUT2D eigenvalue weighted by Crippen LogP contribution is 2.24. The fourth-order valence-corrected chi connectivity index (χ4v) is 1.46. The van der Waals surface area contributed by atoms with Crippen molar-refractivity contribution in [2.75, 3.05) is 0 Å². The molecule has 5 nitrogen and oxygen atoms in total. The molecule has 0 fully saturated rings. The van der Waals surface area contributed by atoms with Crippen molar-refractivity contribution in [3.05, 3.63) is 35.9 Å². The van der Waals surface area contributed by atoms with Crippen LogP contribution in [0, 0.1) is 12.7 Å². The number of hydrogen-bond acceptors (Lipinski definition) is 2. The maximum atomic E-state index is 13.8. The molecule has 0 spiro atoms. The van der Waals surface area contributed by atoms with Crippen molar-refractivity contribution in [2.24, 2.45) is 16.5 Å². The highest BCUT2D eigenvalue weighted by atomic mass is 19.1. The number of hydrogen-bond donors (Lipinski definition) is 3. The summed E-state index contributed by atoms with van der Waals surface area (Å²) in [6.07, 6.45) is 1.64. The summed E-state index contributed by atoms with van der Waals surface area (Å²) in [6, 6.07) is 4.46. The molecule has 1 aromatic heterocycles. The second-order valence-corrected chi connectivity index (χ2v) is 3.62. The minimum absolute atomic E-state index is 0.106. The Morgan fingerprint density at radius 3 is 2.71 bits per heavy atom. The zero-order valence-corrected chi connectivity index (χ0v) is 9.24. The first-order valence-electron chi connectivity index (χ1n) is 4.97. The largest absolute Gasteiger partial charge is 0.370 e. The highest BCUT2D eigenvalue weighted by molar-refractivity contribution is 5.79. The van der Waals surface area contributed by atoms with Gasteiger partial charge in [0, 0.05) is 18.0 Å². The molecule has 6 heteroatoms. The van der Waals surface area contributed by atoms with Crippen molar-refractivity contribution in [3.8, 4) is 11.4 Å². The molecule has 0 saturated carbocycles. The van der Waals surface area contributed by atoms with E-state index in [4.69, 9.17) is 11.5 Å². The summed E-state index contributed by atoms with van der Waals surface area (Å²) in [6.45, 7) is 1.85. The van der Waals surface area contributed by atoms with Gasteiger partial charge in [0.05, 0.1) is 11.3 Å². The molecule has 0 aliphatic heterocycles. The number of guanidine groups is 1. The second-order valence-electron chi connectivity index (χ2n) is 3.62. The van der Waals surface area contributed by atoms with Crippen LogP contribution in [0.15, 0.2) is 29.4 Å². The minimum Gasteiger partial charge on any atom is -0.370 e. The van der Waals surface area contributed by atoms with E-state index in [-0.39, 0.29) is 5.96 Å². The molecule has 1 heterocycles. The first-order chi connectivity index (χ1) is 8.06. The van der Waals surface area contributed by atoms with Gasteiger partial charge in [-0.2, -0.15) is 0 Å². The van der Waals surface area contributed by atoms with Crippen LogP contribution in [0.25, 0.3) is 11.4 Å². The number of aryl methyl sites for hydroxylation is 1. The number of aromatic nitrogens is 2. The van der Waals surface area contributed by atoms with Gasteiger partial charge in [-0.15, -0.1) is 0 Å². The molecule has 2 aromatic rings. The molecule has 0 aliphatic carbocycles. The Balaban J connectivity index is 2.42. The molecule has 0 amide bonds. The summed E-state index contributed by atoms with van der Waals surface area (Å²) in [5.74, 6) is -0.0518. The average molecular weight is 233 g/mol. The van der Waals surface area contributed by atoms with Gasteiger partial charge in [-0.1, -0.05) is 0 Å². The molecule has 1 aromatic carbocycles. The second kappa shape index (κ2) is 4.25. The zero-order valence-electron chi connectivity index (χ0n) is 9.24. The van der Waals surface area contributed by atoms with Gasteiger partial charge in [0.1, 0.15) is 11.6 Å². The van der Waals surface area contributed by atoms with Crippen LogP contribution >= 0.6 is 0 Å². The number of imidazole rings is 1. The predicted molar refractivity (Wildman–Crippen MR) is 64.2 cm³/mol. The summed E-state index contributed by atoms with van der Waals surface area (Å²) in [7, 11) is 0. The zero-order chi connectivity index (χ0) is 12.4. The average Bonchev–Trinajstić information content (AvgIpc) is 2.64. The Hall–Kier alpha value is -2.37. The molecule has 0 radical (unpaired) electrons. The van der Waals surface area contributed by atoms with Crippen LogP contribution in [0.5, 0.6) is 0 Å². The van der Waals surface area contributed by atoms with Crippen LogP contribution in [-0.4, -0.2) is 15.9 Å². The van der Waals surface area contributed by atoms with E-state index < -0.39 is 5.82 Å². The highest BCUT2D eigenvalue weighted by Gasteiger charge is 2.08. The number of H-pyrrole nitrogens is 1. The van der Waals surface area contributed by atoms with Gasteiger partial charge in [-0.05, 0) is 19.1 Å². The Morgan fingerprint density at radius 2 is 2.18 bits per heavy atom. The normalized spacial score (nSPS) is 10.2. The van der Waals surface area contributed by atoms with Crippen LogP contribution < -0.4 is 11.5 Å². The quantitative estimate of drug-likeness (QED) is 0.541. The number of aromatic amines is 1. The van der Waals surface area contributed by atoms with Gasteiger partial charge in [0.2, 0.25) is 0 Å². The van der Waals surface area contributed by atoms with E-state index in [1.165, 1.54) is 6.07 Å². The first kappa shape index (κ1) is 11.1. The van der Waals surface area contributed by atoms with E-state index in [0.717, 1.165) is 5.69 Å². The molecule has 5 N–H and O–H groups in total. The molecule has 0 bridgehead atoms. The van der Waals surface area contributed by atoms with E-state index in [1.807, 2.05) is 6.92 Å². The summed E-state index contributed by atoms with van der Waals surface area (Å²) < 4.78 is 13.8. The van der Waals surface area contributed by atoms with Crippen molar-refractivity contribution in [1.29, 1.82) is 0 Å². The Labute approximate surface area is 97.4 Å². The van der Waals surface area contributed by atoms with Crippen LogP contribution in [-0.2, 0) is 0 Å². The minimum atomic E-state index is -0.429. The summed E-state index contributed by atoms with van der Waals surface area (Å²) in [5, 5.41) is 0. The van der Waals surface area contributed by atoms with E-state index in [1.54, 1.807) is 18.3 Å². The lowest BCUT2D eigenvalue weighted by atomic mass is 10.2. The fraction of sp³-hybridized carbons (Fsp3) is 0.0909. The number of nitrogens with two attached hydrogens (primary N) is 2. The Bertz CT molecular complexity index is 569. The number of aliphatic imine (C=N–C) groups is 1. The molecule has 2 rings (SSSR count). The van der Waals surface area contributed by atoms with Gasteiger partial charge in [0.15, 0.2) is 5.96 Å².